The van der Waals surface area contributed by atoms with Gasteiger partial charge in [0.1, 0.15) is 0 Å². The summed E-state index contributed by atoms with van der Waals surface area (Å²) in [5, 5.41) is 0. The third-order valence-corrected chi connectivity index (χ3v) is 6.98. The largest absolute Gasteiger partial charge is 0.339 e. The van der Waals surface area contributed by atoms with E-state index < -0.39 is 0 Å². The molecule has 0 aromatic carbocycles. The van der Waals surface area contributed by atoms with Gasteiger partial charge in [0.15, 0.2) is 0 Å². The molecule has 3 aliphatic rings. The van der Waals surface area contributed by atoms with Crippen molar-refractivity contribution in [2.75, 3.05) is 12.8 Å². The van der Waals surface area contributed by atoms with Gasteiger partial charge in [-0.3, -0.25) is 4.79 Å². The van der Waals surface area contributed by atoms with Crippen LogP contribution in [0, 0.1) is 11.8 Å². The van der Waals surface area contributed by atoms with Crippen LogP contribution in [-0.4, -0.2) is 29.3 Å². The number of amides is 1. The Bertz CT molecular complexity index is 272. The summed E-state index contributed by atoms with van der Waals surface area (Å²) in [5.41, 5.74) is 0.978. The normalized spacial score (nSPS) is 38.2. The number of likely N-dealkylation sites (tertiary alicyclic amines) is 1. The topological polar surface area (TPSA) is 20.3 Å². The Morgan fingerprint density at radius 1 is 1.06 bits per heavy atom. The smallest absolute Gasteiger partial charge is 0.222 e. The van der Waals surface area contributed by atoms with Gasteiger partial charge < -0.3 is 4.90 Å². The first-order valence-corrected chi connectivity index (χ1v) is 8.64. The molecule has 0 radical (unpaired) electrons. The number of fused-ring (bicyclic) bond motifs is 2. The highest BCUT2D eigenvalue weighted by Gasteiger charge is 2.36. The van der Waals surface area contributed by atoms with E-state index in [4.69, 9.17) is 0 Å². The molecule has 2 aliphatic carbocycles. The molecular formula is C14H24NOP. The third kappa shape index (κ3) is 2.52. The van der Waals surface area contributed by atoms with E-state index >= 15 is 0 Å². The zero-order chi connectivity index (χ0) is 11.7. The van der Waals surface area contributed by atoms with E-state index in [1.165, 1.54) is 38.5 Å². The van der Waals surface area contributed by atoms with Crippen LogP contribution in [0.2, 0.25) is 0 Å². The minimum Gasteiger partial charge on any atom is -0.339 e. The van der Waals surface area contributed by atoms with E-state index in [0.717, 1.165) is 51.7 Å². The summed E-state index contributed by atoms with van der Waals surface area (Å²) in [5.74, 6) is 2.44. The summed E-state index contributed by atoms with van der Waals surface area (Å²) in [6.07, 6.45) is 11.8. The molecule has 3 heteroatoms. The van der Waals surface area contributed by atoms with Gasteiger partial charge >= 0.3 is 0 Å². The lowest BCUT2D eigenvalue weighted by Crippen LogP contribution is -2.35. The quantitative estimate of drug-likeness (QED) is 0.707. The number of nitrogens with zero attached hydrogens (tertiary/aromatic N) is 1. The van der Waals surface area contributed by atoms with Gasteiger partial charge in [0.05, 0.1) is 0 Å². The Balaban J connectivity index is 1.55. The summed E-state index contributed by atoms with van der Waals surface area (Å²) in [4.78, 5) is 13.8. The molecular weight excluding hydrogens is 229 g/mol. The van der Waals surface area contributed by atoms with E-state index in [0.29, 0.717) is 5.91 Å². The van der Waals surface area contributed by atoms with Crippen LogP contribution < -0.4 is 0 Å². The molecule has 2 bridgehead atoms. The summed E-state index contributed by atoms with van der Waals surface area (Å²) < 4.78 is 0. The molecule has 1 unspecified atom stereocenters. The average molecular weight is 253 g/mol. The highest BCUT2D eigenvalue weighted by molar-refractivity contribution is 7.38. The molecule has 1 atom stereocenters. The summed E-state index contributed by atoms with van der Waals surface area (Å²) >= 11 is 0. The molecule has 96 valence electrons. The average Bonchev–Trinajstić information content (AvgIpc) is 2.71. The van der Waals surface area contributed by atoms with Crippen molar-refractivity contribution < 1.29 is 4.79 Å². The number of carbonyl (C=O) groups excluding carboxylic acids is 1. The van der Waals surface area contributed by atoms with Crippen molar-refractivity contribution >= 4 is 14.5 Å². The van der Waals surface area contributed by atoms with Gasteiger partial charge in [-0.2, -0.15) is 0 Å². The zero-order valence-electron chi connectivity index (χ0n) is 10.7. The Morgan fingerprint density at radius 3 is 2.24 bits per heavy atom. The lowest BCUT2D eigenvalue weighted by molar-refractivity contribution is -0.126. The van der Waals surface area contributed by atoms with Crippen LogP contribution in [-0.2, 0) is 4.79 Å². The predicted molar refractivity (Wildman–Crippen MR) is 72.6 cm³/mol. The fourth-order valence-electron chi connectivity index (χ4n) is 4.10. The summed E-state index contributed by atoms with van der Waals surface area (Å²) in [7, 11) is 1.03. The molecule has 1 heterocycles. The number of hydrogen-bond donors (Lipinski definition) is 0. The summed E-state index contributed by atoms with van der Waals surface area (Å²) in [6.45, 7) is 1.04. The Hall–Kier alpha value is -0.100. The maximum absolute atomic E-state index is 11.6. The molecule has 1 amide bonds. The number of hydrogen-bond acceptors (Lipinski definition) is 1. The lowest BCUT2D eigenvalue weighted by Gasteiger charge is -2.43. The Labute approximate surface area is 106 Å². The molecule has 0 aromatic heterocycles. The van der Waals surface area contributed by atoms with E-state index in [1.807, 2.05) is 0 Å². The second-order valence-electron chi connectivity index (χ2n) is 6.03. The van der Waals surface area contributed by atoms with Crippen molar-refractivity contribution in [3.05, 3.63) is 0 Å². The highest BCUT2D eigenvalue weighted by atomic mass is 31.1. The van der Waals surface area contributed by atoms with Crippen LogP contribution in [0.5, 0.6) is 0 Å². The monoisotopic (exact) mass is 253 g/mol. The van der Waals surface area contributed by atoms with Crippen LogP contribution >= 0.6 is 8.58 Å². The van der Waals surface area contributed by atoms with Crippen LogP contribution in [0.25, 0.3) is 0 Å². The van der Waals surface area contributed by atoms with E-state index in [1.54, 1.807) is 0 Å². The molecule has 1 aliphatic heterocycles. The number of carbonyl (C=O) groups is 1. The Kier molecular flexibility index (Phi) is 3.70. The van der Waals surface area contributed by atoms with Gasteiger partial charge in [-0.1, -0.05) is 21.4 Å². The fraction of sp³-hybridized carbons (Fsp3) is 0.929. The SMILES string of the molecule is O=C1CCCN1CPC1C2CCCC1CCC2. The highest BCUT2D eigenvalue weighted by Crippen LogP contribution is 2.48. The van der Waals surface area contributed by atoms with Crippen LogP contribution in [0.4, 0.5) is 0 Å². The van der Waals surface area contributed by atoms with Crippen molar-refractivity contribution in [1.82, 2.24) is 4.90 Å². The molecule has 3 rings (SSSR count). The zero-order valence-corrected chi connectivity index (χ0v) is 11.7. The maximum Gasteiger partial charge on any atom is 0.222 e. The first-order valence-electron chi connectivity index (χ1n) is 7.36. The molecule has 17 heavy (non-hydrogen) atoms. The standard InChI is InChI=1S/C14H24NOP/c16-13-8-3-9-15(13)10-17-14-11-4-1-5-12(14)7-2-6-11/h11-12,14,17H,1-10H2. The van der Waals surface area contributed by atoms with Gasteiger partial charge in [0, 0.05) is 19.3 Å². The van der Waals surface area contributed by atoms with Gasteiger partial charge in [-0.15, -0.1) is 0 Å². The minimum atomic E-state index is 0.415. The second kappa shape index (κ2) is 5.26. The molecule has 0 spiro atoms. The van der Waals surface area contributed by atoms with Crippen molar-refractivity contribution in [2.24, 2.45) is 11.8 Å². The van der Waals surface area contributed by atoms with E-state index in [9.17, 15) is 4.79 Å². The van der Waals surface area contributed by atoms with Gasteiger partial charge in [0.25, 0.3) is 0 Å². The molecule has 0 aromatic rings. The second-order valence-corrected chi connectivity index (χ2v) is 7.42. The molecule has 3 fully saturated rings. The van der Waals surface area contributed by atoms with Crippen molar-refractivity contribution in [3.63, 3.8) is 0 Å². The minimum absolute atomic E-state index is 0.415. The Morgan fingerprint density at radius 2 is 1.71 bits per heavy atom. The third-order valence-electron chi connectivity index (χ3n) is 5.00. The van der Waals surface area contributed by atoms with Gasteiger partial charge in [0.2, 0.25) is 5.91 Å². The summed E-state index contributed by atoms with van der Waals surface area (Å²) in [6, 6.07) is 0. The van der Waals surface area contributed by atoms with Crippen molar-refractivity contribution in [1.29, 1.82) is 0 Å². The first kappa shape index (κ1) is 12.0. The van der Waals surface area contributed by atoms with Crippen LogP contribution in [0.3, 0.4) is 0 Å². The fourth-order valence-corrected chi connectivity index (χ4v) is 6.20. The molecule has 2 nitrogen and oxygen atoms in total. The number of rotatable bonds is 3. The predicted octanol–water partition coefficient (Wildman–Crippen LogP) is 3.21. The van der Waals surface area contributed by atoms with Crippen molar-refractivity contribution in [2.45, 2.75) is 57.0 Å². The van der Waals surface area contributed by atoms with Crippen molar-refractivity contribution in [3.8, 4) is 0 Å². The maximum atomic E-state index is 11.6. The molecule has 0 N–H and O–H groups in total. The first-order chi connectivity index (χ1) is 8.34. The van der Waals surface area contributed by atoms with E-state index in [2.05, 4.69) is 4.90 Å². The molecule has 2 saturated carbocycles. The van der Waals surface area contributed by atoms with Crippen LogP contribution in [0.15, 0.2) is 0 Å². The molecule has 1 saturated heterocycles. The van der Waals surface area contributed by atoms with Gasteiger partial charge in [-0.25, -0.2) is 0 Å². The van der Waals surface area contributed by atoms with Crippen LogP contribution in [0.1, 0.15) is 51.4 Å². The van der Waals surface area contributed by atoms with E-state index in [-0.39, 0.29) is 0 Å². The lowest BCUT2D eigenvalue weighted by atomic mass is 9.72. The van der Waals surface area contributed by atoms with Gasteiger partial charge in [-0.05, 0) is 49.6 Å².